The van der Waals surface area contributed by atoms with Gasteiger partial charge in [-0.05, 0) is 35.2 Å². The highest BCUT2D eigenvalue weighted by Gasteiger charge is 2.11. The molecule has 22 heavy (non-hydrogen) atoms. The first-order chi connectivity index (χ1) is 10.9. The SMILES string of the molecule is c1ccc(C[C@@H](NCc2ccncc2)c2ccccc2)cc1. The third-order valence-electron chi connectivity index (χ3n) is 3.79. The molecule has 1 atom stereocenters. The molecular weight excluding hydrogens is 268 g/mol. The molecule has 1 aromatic heterocycles. The molecule has 0 unspecified atom stereocenters. The maximum Gasteiger partial charge on any atom is 0.0363 e. The smallest absolute Gasteiger partial charge is 0.0363 e. The number of pyridine rings is 1. The van der Waals surface area contributed by atoms with E-state index < -0.39 is 0 Å². The summed E-state index contributed by atoms with van der Waals surface area (Å²) in [6.45, 7) is 0.842. The van der Waals surface area contributed by atoms with Gasteiger partial charge in [-0.3, -0.25) is 4.98 Å². The molecule has 1 N–H and O–H groups in total. The molecular formula is C20H20N2. The normalized spacial score (nSPS) is 12.0. The van der Waals surface area contributed by atoms with Crippen LogP contribution in [0.1, 0.15) is 22.7 Å². The molecule has 2 aromatic carbocycles. The minimum absolute atomic E-state index is 0.303. The second kappa shape index (κ2) is 7.53. The number of hydrogen-bond acceptors (Lipinski definition) is 2. The zero-order valence-corrected chi connectivity index (χ0v) is 12.5. The predicted octanol–water partition coefficient (Wildman–Crippen LogP) is 4.16. The largest absolute Gasteiger partial charge is 0.306 e. The van der Waals surface area contributed by atoms with Crippen LogP contribution < -0.4 is 5.32 Å². The van der Waals surface area contributed by atoms with E-state index in [1.807, 2.05) is 12.4 Å². The Morgan fingerprint density at radius 1 is 0.727 bits per heavy atom. The van der Waals surface area contributed by atoms with Crippen molar-refractivity contribution in [3.05, 3.63) is 102 Å². The van der Waals surface area contributed by atoms with E-state index in [1.54, 1.807) is 0 Å². The summed E-state index contributed by atoms with van der Waals surface area (Å²) >= 11 is 0. The second-order valence-corrected chi connectivity index (χ2v) is 5.39. The zero-order chi connectivity index (χ0) is 15.0. The van der Waals surface area contributed by atoms with Gasteiger partial charge in [0.15, 0.2) is 0 Å². The standard InChI is InChI=1S/C20H20N2/c1-3-7-17(8-4-1)15-20(19-9-5-2-6-10-19)22-16-18-11-13-21-14-12-18/h1-14,20,22H,15-16H2/t20-/m1/s1. The van der Waals surface area contributed by atoms with Gasteiger partial charge in [-0.1, -0.05) is 60.7 Å². The van der Waals surface area contributed by atoms with E-state index in [-0.39, 0.29) is 0 Å². The molecule has 2 nitrogen and oxygen atoms in total. The lowest BCUT2D eigenvalue weighted by Gasteiger charge is -2.19. The molecule has 0 bridgehead atoms. The van der Waals surface area contributed by atoms with E-state index in [0.717, 1.165) is 13.0 Å². The summed E-state index contributed by atoms with van der Waals surface area (Å²) in [7, 11) is 0. The van der Waals surface area contributed by atoms with E-state index in [2.05, 4.69) is 83.1 Å². The third kappa shape index (κ3) is 4.03. The molecule has 3 rings (SSSR count). The topological polar surface area (TPSA) is 24.9 Å². The summed E-state index contributed by atoms with van der Waals surface area (Å²) in [5.74, 6) is 0. The van der Waals surface area contributed by atoms with E-state index in [4.69, 9.17) is 0 Å². The van der Waals surface area contributed by atoms with Crippen LogP contribution in [0.3, 0.4) is 0 Å². The monoisotopic (exact) mass is 288 g/mol. The van der Waals surface area contributed by atoms with Crippen LogP contribution in [0.15, 0.2) is 85.2 Å². The lowest BCUT2D eigenvalue weighted by atomic mass is 9.98. The molecule has 0 aliphatic rings. The number of nitrogens with zero attached hydrogens (tertiary/aromatic N) is 1. The number of aromatic nitrogens is 1. The third-order valence-corrected chi connectivity index (χ3v) is 3.79. The Morgan fingerprint density at radius 2 is 1.36 bits per heavy atom. The second-order valence-electron chi connectivity index (χ2n) is 5.39. The number of benzene rings is 2. The first kappa shape index (κ1) is 14.5. The van der Waals surface area contributed by atoms with Crippen molar-refractivity contribution in [1.82, 2.24) is 10.3 Å². The Kier molecular flexibility index (Phi) is 4.96. The Hall–Kier alpha value is -2.45. The predicted molar refractivity (Wildman–Crippen MR) is 90.4 cm³/mol. The van der Waals surface area contributed by atoms with E-state index in [9.17, 15) is 0 Å². The number of hydrogen-bond donors (Lipinski definition) is 1. The Balaban J connectivity index is 1.74. The zero-order valence-electron chi connectivity index (χ0n) is 12.5. The summed E-state index contributed by atoms with van der Waals surface area (Å²) in [4.78, 5) is 4.07. The van der Waals surface area contributed by atoms with Crippen molar-refractivity contribution in [2.24, 2.45) is 0 Å². The van der Waals surface area contributed by atoms with Crippen molar-refractivity contribution >= 4 is 0 Å². The molecule has 0 saturated carbocycles. The summed E-state index contributed by atoms with van der Waals surface area (Å²) in [6.07, 6.45) is 4.66. The van der Waals surface area contributed by atoms with Crippen LogP contribution in [-0.4, -0.2) is 4.98 Å². The first-order valence-electron chi connectivity index (χ1n) is 7.63. The van der Waals surface area contributed by atoms with Gasteiger partial charge in [-0.2, -0.15) is 0 Å². The minimum Gasteiger partial charge on any atom is -0.306 e. The van der Waals surface area contributed by atoms with Gasteiger partial charge in [0.1, 0.15) is 0 Å². The van der Waals surface area contributed by atoms with Crippen LogP contribution >= 0.6 is 0 Å². The summed E-state index contributed by atoms with van der Waals surface area (Å²) < 4.78 is 0. The fraction of sp³-hybridized carbons (Fsp3) is 0.150. The van der Waals surface area contributed by atoms with Crippen molar-refractivity contribution in [2.45, 2.75) is 19.0 Å². The van der Waals surface area contributed by atoms with Gasteiger partial charge in [0.25, 0.3) is 0 Å². The van der Waals surface area contributed by atoms with Gasteiger partial charge in [0, 0.05) is 25.0 Å². The molecule has 0 saturated heterocycles. The highest BCUT2D eigenvalue weighted by atomic mass is 14.9. The molecule has 3 aromatic rings. The quantitative estimate of drug-likeness (QED) is 0.737. The summed E-state index contributed by atoms with van der Waals surface area (Å²) in [5.41, 5.74) is 3.92. The highest BCUT2D eigenvalue weighted by molar-refractivity contribution is 5.24. The van der Waals surface area contributed by atoms with Crippen LogP contribution in [0.4, 0.5) is 0 Å². The van der Waals surface area contributed by atoms with Crippen molar-refractivity contribution in [3.8, 4) is 0 Å². The Morgan fingerprint density at radius 3 is 2.05 bits per heavy atom. The average molecular weight is 288 g/mol. The summed E-state index contributed by atoms with van der Waals surface area (Å²) in [6, 6.07) is 25.7. The van der Waals surface area contributed by atoms with Gasteiger partial charge >= 0.3 is 0 Å². The van der Waals surface area contributed by atoms with E-state index in [1.165, 1.54) is 16.7 Å². The molecule has 0 radical (unpaired) electrons. The van der Waals surface area contributed by atoms with Gasteiger partial charge in [0.05, 0.1) is 0 Å². The van der Waals surface area contributed by atoms with Crippen molar-refractivity contribution in [3.63, 3.8) is 0 Å². The van der Waals surface area contributed by atoms with E-state index in [0.29, 0.717) is 6.04 Å². The lowest BCUT2D eigenvalue weighted by molar-refractivity contribution is 0.530. The molecule has 2 heteroatoms. The fourth-order valence-electron chi connectivity index (χ4n) is 2.58. The fourth-order valence-corrected chi connectivity index (χ4v) is 2.58. The maximum atomic E-state index is 4.07. The highest BCUT2D eigenvalue weighted by Crippen LogP contribution is 2.19. The van der Waals surface area contributed by atoms with Gasteiger partial charge in [-0.25, -0.2) is 0 Å². The minimum atomic E-state index is 0.303. The lowest BCUT2D eigenvalue weighted by Crippen LogP contribution is -2.23. The van der Waals surface area contributed by atoms with Crippen molar-refractivity contribution in [1.29, 1.82) is 0 Å². The molecule has 0 aliphatic heterocycles. The molecule has 0 amide bonds. The molecule has 1 heterocycles. The number of rotatable bonds is 6. The van der Waals surface area contributed by atoms with Gasteiger partial charge in [-0.15, -0.1) is 0 Å². The van der Waals surface area contributed by atoms with Crippen molar-refractivity contribution < 1.29 is 0 Å². The molecule has 0 spiro atoms. The van der Waals surface area contributed by atoms with Crippen LogP contribution in [-0.2, 0) is 13.0 Å². The maximum absolute atomic E-state index is 4.07. The molecule has 110 valence electrons. The van der Waals surface area contributed by atoms with Crippen molar-refractivity contribution in [2.75, 3.05) is 0 Å². The van der Waals surface area contributed by atoms with Crippen LogP contribution in [0.25, 0.3) is 0 Å². The number of nitrogens with one attached hydrogen (secondary N) is 1. The Labute approximate surface area is 131 Å². The summed E-state index contributed by atoms with van der Waals surface area (Å²) in [5, 5.41) is 3.67. The average Bonchev–Trinajstić information content (AvgIpc) is 2.61. The van der Waals surface area contributed by atoms with E-state index >= 15 is 0 Å². The van der Waals surface area contributed by atoms with Gasteiger partial charge < -0.3 is 5.32 Å². The Bertz CT molecular complexity index is 666. The molecule has 0 fully saturated rings. The van der Waals surface area contributed by atoms with Gasteiger partial charge in [0.2, 0.25) is 0 Å². The molecule has 0 aliphatic carbocycles. The van der Waals surface area contributed by atoms with Crippen LogP contribution in [0.5, 0.6) is 0 Å². The first-order valence-corrected chi connectivity index (χ1v) is 7.63. The van der Waals surface area contributed by atoms with Crippen LogP contribution in [0, 0.1) is 0 Å². The van der Waals surface area contributed by atoms with Crippen LogP contribution in [0.2, 0.25) is 0 Å².